The number of carbonyl (C=O) groups is 2. The van der Waals surface area contributed by atoms with Gasteiger partial charge in [0, 0.05) is 24.7 Å². The third-order valence-corrected chi connectivity index (χ3v) is 5.87. The normalized spacial score (nSPS) is 16.9. The van der Waals surface area contributed by atoms with E-state index in [9.17, 15) is 18.4 Å². The quantitative estimate of drug-likeness (QED) is 0.597. The van der Waals surface area contributed by atoms with Crippen molar-refractivity contribution in [3.63, 3.8) is 0 Å². The fraction of sp³-hybridized carbons (Fsp3) is 0.308. The number of likely N-dealkylation sites (tertiary alicyclic amines) is 1. The number of ether oxygens (including phenoxy) is 1. The summed E-state index contributed by atoms with van der Waals surface area (Å²) in [5, 5.41) is 4.78. The molecule has 5 nitrogen and oxygen atoms in total. The molecule has 2 amide bonds. The molecule has 1 saturated heterocycles. The van der Waals surface area contributed by atoms with E-state index >= 15 is 0 Å². The second-order valence-electron chi connectivity index (χ2n) is 8.41. The number of rotatable bonds is 6. The summed E-state index contributed by atoms with van der Waals surface area (Å²) in [6.45, 7) is 2.74. The number of nitrogens with zero attached hydrogens (tertiary/aromatic N) is 1. The van der Waals surface area contributed by atoms with Gasteiger partial charge < -0.3 is 15.0 Å². The maximum atomic E-state index is 13.7. The molecule has 1 fully saturated rings. The minimum atomic E-state index is -0.789. The third-order valence-electron chi connectivity index (χ3n) is 5.87. The Hall–Kier alpha value is -3.48. The Balaban J connectivity index is 1.35. The number of nitrogens with one attached hydrogen (secondary N) is 1. The molecule has 3 aromatic carbocycles. The highest BCUT2D eigenvalue weighted by molar-refractivity contribution is 6.07. The van der Waals surface area contributed by atoms with E-state index in [1.807, 2.05) is 42.5 Å². The fourth-order valence-corrected chi connectivity index (χ4v) is 4.17. The van der Waals surface area contributed by atoms with Crippen LogP contribution in [0.4, 0.5) is 8.78 Å². The minimum Gasteiger partial charge on any atom is -0.488 e. The monoisotopic (exact) mass is 452 g/mol. The van der Waals surface area contributed by atoms with Gasteiger partial charge in [0.05, 0.1) is 12.0 Å². The summed E-state index contributed by atoms with van der Waals surface area (Å²) in [7, 11) is 0. The van der Waals surface area contributed by atoms with E-state index in [0.717, 1.165) is 29.3 Å². The first-order valence-electron chi connectivity index (χ1n) is 11.1. The molecule has 0 aromatic heterocycles. The van der Waals surface area contributed by atoms with Crippen LogP contribution in [0.3, 0.4) is 0 Å². The highest BCUT2D eigenvalue weighted by atomic mass is 19.1. The number of amides is 2. The van der Waals surface area contributed by atoms with Gasteiger partial charge in [0.2, 0.25) is 5.91 Å². The van der Waals surface area contributed by atoms with E-state index in [2.05, 4.69) is 5.32 Å². The average molecular weight is 453 g/mol. The Morgan fingerprint density at radius 3 is 2.73 bits per heavy atom. The molecule has 0 saturated carbocycles. The van der Waals surface area contributed by atoms with Crippen molar-refractivity contribution < 1.29 is 23.1 Å². The Labute approximate surface area is 191 Å². The predicted octanol–water partition coefficient (Wildman–Crippen LogP) is 4.55. The summed E-state index contributed by atoms with van der Waals surface area (Å²) in [4.78, 5) is 27.8. The summed E-state index contributed by atoms with van der Waals surface area (Å²) in [5.41, 5.74) is 0.636. The van der Waals surface area contributed by atoms with Crippen LogP contribution in [0, 0.1) is 17.6 Å². The summed E-state index contributed by atoms with van der Waals surface area (Å²) >= 11 is 0. The molecule has 7 heteroatoms. The molecule has 1 aliphatic heterocycles. The topological polar surface area (TPSA) is 58.6 Å². The van der Waals surface area contributed by atoms with Crippen molar-refractivity contribution in [3.05, 3.63) is 77.9 Å². The van der Waals surface area contributed by atoms with Crippen LogP contribution >= 0.6 is 0 Å². The van der Waals surface area contributed by atoms with Gasteiger partial charge in [0.25, 0.3) is 5.91 Å². The summed E-state index contributed by atoms with van der Waals surface area (Å²) in [5.74, 6) is -2.11. The van der Waals surface area contributed by atoms with Gasteiger partial charge in [0.15, 0.2) is 11.6 Å². The first-order valence-corrected chi connectivity index (χ1v) is 11.1. The zero-order chi connectivity index (χ0) is 23.4. The molecule has 4 rings (SSSR count). The Kier molecular flexibility index (Phi) is 6.87. The van der Waals surface area contributed by atoms with Crippen molar-refractivity contribution in [2.75, 3.05) is 19.7 Å². The lowest BCUT2D eigenvalue weighted by atomic mass is 9.95. The second kappa shape index (κ2) is 9.98. The van der Waals surface area contributed by atoms with E-state index in [0.29, 0.717) is 25.1 Å². The number of benzene rings is 3. The highest BCUT2D eigenvalue weighted by Gasteiger charge is 2.30. The molecule has 0 bridgehead atoms. The molecule has 0 radical (unpaired) electrons. The third kappa shape index (κ3) is 5.30. The van der Waals surface area contributed by atoms with Crippen molar-refractivity contribution in [1.82, 2.24) is 10.2 Å². The van der Waals surface area contributed by atoms with Crippen LogP contribution in [-0.2, 0) is 4.79 Å². The molecule has 1 heterocycles. The summed E-state index contributed by atoms with van der Waals surface area (Å²) in [6.07, 6.45) is 1.42. The van der Waals surface area contributed by atoms with Crippen LogP contribution in [-0.4, -0.2) is 42.5 Å². The second-order valence-corrected chi connectivity index (χ2v) is 8.41. The van der Waals surface area contributed by atoms with E-state index in [-0.39, 0.29) is 36.1 Å². The molecule has 0 aliphatic carbocycles. The van der Waals surface area contributed by atoms with Gasteiger partial charge in [-0.05, 0) is 48.7 Å². The molecule has 1 aliphatic rings. The molecule has 1 N–H and O–H groups in total. The molecular weight excluding hydrogens is 426 g/mol. The van der Waals surface area contributed by atoms with Gasteiger partial charge in [-0.15, -0.1) is 0 Å². The largest absolute Gasteiger partial charge is 0.488 e. The van der Waals surface area contributed by atoms with Gasteiger partial charge >= 0.3 is 0 Å². The van der Waals surface area contributed by atoms with Crippen molar-refractivity contribution in [2.45, 2.75) is 25.8 Å². The number of piperidine rings is 1. The number of halogens is 2. The Morgan fingerprint density at radius 2 is 1.91 bits per heavy atom. The van der Waals surface area contributed by atoms with E-state index in [4.69, 9.17) is 4.74 Å². The first kappa shape index (κ1) is 22.7. The van der Waals surface area contributed by atoms with Crippen LogP contribution in [0.5, 0.6) is 5.75 Å². The Bertz CT molecular complexity index is 1160. The van der Waals surface area contributed by atoms with Crippen LogP contribution in [0.15, 0.2) is 60.7 Å². The van der Waals surface area contributed by atoms with Gasteiger partial charge in [-0.25, -0.2) is 8.78 Å². The van der Waals surface area contributed by atoms with Gasteiger partial charge in [0.1, 0.15) is 12.4 Å². The number of hydrogen-bond donors (Lipinski definition) is 1. The molecule has 172 valence electrons. The van der Waals surface area contributed by atoms with Crippen LogP contribution in [0.2, 0.25) is 0 Å². The molecule has 2 atom stereocenters. The maximum absolute atomic E-state index is 13.7. The number of carbonyl (C=O) groups excluding carboxylic acids is 2. The van der Waals surface area contributed by atoms with E-state index < -0.39 is 11.6 Å². The van der Waals surface area contributed by atoms with Gasteiger partial charge in [-0.3, -0.25) is 9.59 Å². The summed E-state index contributed by atoms with van der Waals surface area (Å²) < 4.78 is 32.1. The zero-order valence-corrected chi connectivity index (χ0v) is 18.4. The number of fused-ring (bicyclic) bond motifs is 1. The minimum absolute atomic E-state index is 0.0413. The van der Waals surface area contributed by atoms with Crippen molar-refractivity contribution in [3.8, 4) is 5.75 Å². The smallest absolute Gasteiger partial charge is 0.254 e. The lowest BCUT2D eigenvalue weighted by molar-refractivity contribution is -0.127. The van der Waals surface area contributed by atoms with Crippen molar-refractivity contribution in [1.29, 1.82) is 0 Å². The molecular formula is C26H26F2N2O3. The van der Waals surface area contributed by atoms with Crippen LogP contribution in [0.1, 0.15) is 30.1 Å². The van der Waals surface area contributed by atoms with Gasteiger partial charge in [-0.2, -0.15) is 0 Å². The average Bonchev–Trinajstić information content (AvgIpc) is 2.82. The SMILES string of the molecule is CC(COc1ccc(F)cc1F)NC(=O)C1CCCN(C(=O)c2cccc3ccccc23)C1. The van der Waals surface area contributed by atoms with E-state index in [1.165, 1.54) is 6.07 Å². The van der Waals surface area contributed by atoms with Crippen LogP contribution < -0.4 is 10.1 Å². The molecule has 3 aromatic rings. The Morgan fingerprint density at radius 1 is 1.12 bits per heavy atom. The van der Waals surface area contributed by atoms with Gasteiger partial charge in [-0.1, -0.05) is 36.4 Å². The molecule has 33 heavy (non-hydrogen) atoms. The molecule has 0 spiro atoms. The maximum Gasteiger partial charge on any atom is 0.254 e. The lowest BCUT2D eigenvalue weighted by Crippen LogP contribution is -2.48. The molecule has 2 unspecified atom stereocenters. The van der Waals surface area contributed by atoms with Crippen molar-refractivity contribution >= 4 is 22.6 Å². The highest BCUT2D eigenvalue weighted by Crippen LogP contribution is 2.24. The summed E-state index contributed by atoms with van der Waals surface area (Å²) in [6, 6.07) is 16.1. The number of hydrogen-bond acceptors (Lipinski definition) is 3. The predicted molar refractivity (Wildman–Crippen MR) is 122 cm³/mol. The van der Waals surface area contributed by atoms with Crippen molar-refractivity contribution in [2.24, 2.45) is 5.92 Å². The fourth-order valence-electron chi connectivity index (χ4n) is 4.17. The van der Waals surface area contributed by atoms with E-state index in [1.54, 1.807) is 11.8 Å². The standard InChI is InChI=1S/C26H26F2N2O3/c1-17(16-33-24-12-11-20(27)14-23(24)28)29-25(31)19-8-5-13-30(15-19)26(32)22-10-4-7-18-6-2-3-9-21(18)22/h2-4,6-7,9-12,14,17,19H,5,8,13,15-16H2,1H3,(H,29,31). The zero-order valence-electron chi connectivity index (χ0n) is 18.4. The van der Waals surface area contributed by atoms with Crippen LogP contribution in [0.25, 0.3) is 10.8 Å². The first-order chi connectivity index (χ1) is 15.9. The lowest BCUT2D eigenvalue weighted by Gasteiger charge is -2.33.